The molecule has 3 rings (SSSR count). The van der Waals surface area contributed by atoms with Crippen molar-refractivity contribution in [2.75, 3.05) is 39.8 Å². The van der Waals surface area contributed by atoms with E-state index in [1.165, 1.54) is 43.1 Å². The number of hydrogen-bond acceptors (Lipinski definition) is 4. The van der Waals surface area contributed by atoms with Crippen LogP contribution in [0.15, 0.2) is 10.4 Å². The van der Waals surface area contributed by atoms with E-state index >= 15 is 0 Å². The van der Waals surface area contributed by atoms with Gasteiger partial charge in [-0.1, -0.05) is 20.8 Å². The summed E-state index contributed by atoms with van der Waals surface area (Å²) in [6.45, 7) is 13.6. The summed E-state index contributed by atoms with van der Waals surface area (Å²) in [4.78, 5) is 14.3. The number of aromatic nitrogens is 1. The number of thiazole rings is 1. The fourth-order valence-electron chi connectivity index (χ4n) is 4.57. The third kappa shape index (κ3) is 6.83. The molecule has 0 bridgehead atoms. The standard InChI is InChI=1S/C21H37N5S.HI/c1-5-20-24-19(15-27-20)14-25-8-6-18(7-9-25)11-23-21(22-4)26-12-16(2)10-17(3)13-26;/h15-18H,5-14H2,1-4H3,(H,22,23);1H. The molecule has 0 amide bonds. The van der Waals surface area contributed by atoms with E-state index in [9.17, 15) is 0 Å². The van der Waals surface area contributed by atoms with Crippen LogP contribution < -0.4 is 5.32 Å². The number of aliphatic imine (C=N–C) groups is 1. The lowest BCUT2D eigenvalue weighted by Crippen LogP contribution is -2.50. The molecule has 0 spiro atoms. The normalized spacial score (nSPS) is 24.9. The predicted octanol–water partition coefficient (Wildman–Crippen LogP) is 4.09. The Morgan fingerprint density at radius 1 is 1.25 bits per heavy atom. The van der Waals surface area contributed by atoms with Crippen LogP contribution in [0.4, 0.5) is 0 Å². The van der Waals surface area contributed by atoms with Crippen LogP contribution in [-0.2, 0) is 13.0 Å². The molecule has 2 fully saturated rings. The van der Waals surface area contributed by atoms with Crippen molar-refractivity contribution >= 4 is 41.3 Å². The van der Waals surface area contributed by atoms with Gasteiger partial charge in [-0.25, -0.2) is 4.98 Å². The summed E-state index contributed by atoms with van der Waals surface area (Å²) < 4.78 is 0. The van der Waals surface area contributed by atoms with E-state index in [4.69, 9.17) is 4.98 Å². The Labute approximate surface area is 192 Å². The SMILES string of the molecule is CCc1nc(CN2CCC(CNC(=NC)N3CC(C)CC(C)C3)CC2)cs1.I. The third-order valence-corrected chi connectivity index (χ3v) is 6.97. The average Bonchev–Trinajstić information content (AvgIpc) is 3.10. The van der Waals surface area contributed by atoms with E-state index in [2.05, 4.69) is 46.3 Å². The van der Waals surface area contributed by atoms with Crippen molar-refractivity contribution in [2.45, 2.75) is 53.0 Å². The molecule has 28 heavy (non-hydrogen) atoms. The molecule has 1 N–H and O–H groups in total. The Kier molecular flexibility index (Phi) is 9.97. The maximum atomic E-state index is 4.72. The minimum Gasteiger partial charge on any atom is -0.356 e. The number of guanidine groups is 1. The van der Waals surface area contributed by atoms with Crippen LogP contribution in [0.2, 0.25) is 0 Å². The number of nitrogens with one attached hydrogen (secondary N) is 1. The molecule has 2 aliphatic rings. The topological polar surface area (TPSA) is 43.8 Å². The van der Waals surface area contributed by atoms with Crippen molar-refractivity contribution < 1.29 is 0 Å². The molecule has 2 unspecified atom stereocenters. The van der Waals surface area contributed by atoms with E-state index in [0.29, 0.717) is 0 Å². The second kappa shape index (κ2) is 11.7. The van der Waals surface area contributed by atoms with Crippen LogP contribution in [0.5, 0.6) is 0 Å². The zero-order valence-electron chi connectivity index (χ0n) is 18.0. The quantitative estimate of drug-likeness (QED) is 0.362. The van der Waals surface area contributed by atoms with E-state index < -0.39 is 0 Å². The summed E-state index contributed by atoms with van der Waals surface area (Å²) in [6, 6.07) is 0. The van der Waals surface area contributed by atoms with Crippen molar-refractivity contribution in [1.82, 2.24) is 20.1 Å². The largest absolute Gasteiger partial charge is 0.356 e. The summed E-state index contributed by atoms with van der Waals surface area (Å²) in [5.41, 5.74) is 1.25. The first-order valence-corrected chi connectivity index (χ1v) is 11.6. The first kappa shape index (κ1) is 23.9. The average molecular weight is 520 g/mol. The number of halogens is 1. The Morgan fingerprint density at radius 3 is 2.50 bits per heavy atom. The van der Waals surface area contributed by atoms with Crippen LogP contribution in [0.3, 0.4) is 0 Å². The molecule has 7 heteroatoms. The molecule has 160 valence electrons. The van der Waals surface area contributed by atoms with Crippen molar-refractivity contribution in [2.24, 2.45) is 22.7 Å². The zero-order valence-corrected chi connectivity index (χ0v) is 21.1. The van der Waals surface area contributed by atoms with Gasteiger partial charge in [-0.05, 0) is 56.5 Å². The Bertz CT molecular complexity index is 602. The highest BCUT2D eigenvalue weighted by molar-refractivity contribution is 14.0. The predicted molar refractivity (Wildman–Crippen MR) is 131 cm³/mol. The lowest BCUT2D eigenvalue weighted by atomic mass is 9.92. The molecule has 5 nitrogen and oxygen atoms in total. The maximum absolute atomic E-state index is 4.72. The second-order valence-electron chi connectivity index (χ2n) is 8.58. The number of rotatable bonds is 5. The third-order valence-electron chi connectivity index (χ3n) is 5.92. The molecule has 2 aliphatic heterocycles. The summed E-state index contributed by atoms with van der Waals surface area (Å²) in [7, 11) is 1.92. The van der Waals surface area contributed by atoms with Crippen molar-refractivity contribution in [1.29, 1.82) is 0 Å². The van der Waals surface area contributed by atoms with Gasteiger partial charge in [-0.2, -0.15) is 0 Å². The van der Waals surface area contributed by atoms with Gasteiger partial charge in [0.1, 0.15) is 0 Å². The van der Waals surface area contributed by atoms with E-state index in [0.717, 1.165) is 56.3 Å². The Balaban J connectivity index is 0.00000280. The lowest BCUT2D eigenvalue weighted by Gasteiger charge is -2.38. The van der Waals surface area contributed by atoms with Crippen LogP contribution in [0.1, 0.15) is 50.7 Å². The number of likely N-dealkylation sites (tertiary alicyclic amines) is 2. The van der Waals surface area contributed by atoms with E-state index in [1.54, 1.807) is 11.3 Å². The highest BCUT2D eigenvalue weighted by Gasteiger charge is 2.25. The summed E-state index contributed by atoms with van der Waals surface area (Å²) in [5, 5.41) is 7.17. The number of piperidine rings is 2. The minimum absolute atomic E-state index is 0. The number of hydrogen-bond donors (Lipinski definition) is 1. The zero-order chi connectivity index (χ0) is 19.2. The molecular formula is C21H38IN5S. The number of nitrogens with zero attached hydrogens (tertiary/aromatic N) is 4. The molecule has 2 atom stereocenters. The van der Waals surface area contributed by atoms with E-state index in [-0.39, 0.29) is 24.0 Å². The molecular weight excluding hydrogens is 481 g/mol. The summed E-state index contributed by atoms with van der Waals surface area (Å²) >= 11 is 1.80. The molecule has 0 aliphatic carbocycles. The second-order valence-corrected chi connectivity index (χ2v) is 9.53. The maximum Gasteiger partial charge on any atom is 0.193 e. The monoisotopic (exact) mass is 519 g/mol. The van der Waals surface area contributed by atoms with Gasteiger partial charge >= 0.3 is 0 Å². The first-order valence-electron chi connectivity index (χ1n) is 10.7. The fraction of sp³-hybridized carbons (Fsp3) is 0.810. The molecule has 1 aromatic rings. The first-order chi connectivity index (χ1) is 13.1. The van der Waals surface area contributed by atoms with Gasteiger partial charge in [0.05, 0.1) is 10.7 Å². The van der Waals surface area contributed by atoms with Crippen LogP contribution in [0, 0.1) is 17.8 Å². The number of aryl methyl sites for hydroxylation is 1. The molecule has 1 aromatic heterocycles. The lowest BCUT2D eigenvalue weighted by molar-refractivity contribution is 0.173. The van der Waals surface area contributed by atoms with Gasteiger partial charge in [-0.3, -0.25) is 9.89 Å². The van der Waals surface area contributed by atoms with Crippen LogP contribution in [-0.4, -0.2) is 60.5 Å². The fourth-order valence-corrected chi connectivity index (χ4v) is 5.30. The van der Waals surface area contributed by atoms with Gasteiger partial charge in [0.25, 0.3) is 0 Å². The highest BCUT2D eigenvalue weighted by Crippen LogP contribution is 2.22. The van der Waals surface area contributed by atoms with Gasteiger partial charge in [-0.15, -0.1) is 35.3 Å². The molecule has 0 aromatic carbocycles. The van der Waals surface area contributed by atoms with E-state index in [1.807, 2.05) is 7.05 Å². The van der Waals surface area contributed by atoms with Crippen molar-refractivity contribution in [3.05, 3.63) is 16.1 Å². The molecule has 0 saturated carbocycles. The summed E-state index contributed by atoms with van der Waals surface area (Å²) in [6.07, 6.45) is 4.92. The molecule has 0 radical (unpaired) electrons. The Hall–Kier alpha value is -0.410. The summed E-state index contributed by atoms with van der Waals surface area (Å²) in [5.74, 6) is 3.37. The highest BCUT2D eigenvalue weighted by atomic mass is 127. The van der Waals surface area contributed by atoms with Crippen LogP contribution >= 0.6 is 35.3 Å². The van der Waals surface area contributed by atoms with Gasteiger partial charge in [0, 0.05) is 38.6 Å². The van der Waals surface area contributed by atoms with Crippen LogP contribution in [0.25, 0.3) is 0 Å². The minimum atomic E-state index is 0. The van der Waals surface area contributed by atoms with Crippen molar-refractivity contribution in [3.63, 3.8) is 0 Å². The Morgan fingerprint density at radius 2 is 1.93 bits per heavy atom. The van der Waals surface area contributed by atoms with Crippen molar-refractivity contribution in [3.8, 4) is 0 Å². The van der Waals surface area contributed by atoms with Gasteiger partial charge < -0.3 is 10.2 Å². The molecule has 3 heterocycles. The van der Waals surface area contributed by atoms with Gasteiger partial charge in [0.15, 0.2) is 5.96 Å². The molecule has 2 saturated heterocycles. The smallest absolute Gasteiger partial charge is 0.193 e. The van der Waals surface area contributed by atoms with Gasteiger partial charge in [0.2, 0.25) is 0 Å².